The summed E-state index contributed by atoms with van der Waals surface area (Å²) in [7, 11) is -4.01. The summed E-state index contributed by atoms with van der Waals surface area (Å²) >= 11 is 17.5. The van der Waals surface area contributed by atoms with E-state index in [1.54, 1.807) is 13.8 Å². The molecule has 118 valence electrons. The maximum Gasteiger partial charge on any atom is 0.303 e. The molecule has 0 aliphatic rings. The SMILES string of the molecule is CC(C)(CCC(=O)O)NS(=O)(=O)c1c(Cl)cc(Cl)cc1Cl. The molecule has 0 aromatic heterocycles. The Balaban J connectivity index is 3.10. The molecule has 0 aliphatic carbocycles. The molecular weight excluding hydrogens is 361 g/mol. The zero-order valence-electron chi connectivity index (χ0n) is 11.3. The Morgan fingerprint density at radius 2 is 1.71 bits per heavy atom. The van der Waals surface area contributed by atoms with Gasteiger partial charge in [0.25, 0.3) is 0 Å². The third-order valence-corrected chi connectivity index (χ3v) is 5.44. The molecule has 0 atom stereocenters. The van der Waals surface area contributed by atoms with Crippen molar-refractivity contribution < 1.29 is 18.3 Å². The van der Waals surface area contributed by atoms with Crippen molar-refractivity contribution in [2.45, 2.75) is 37.1 Å². The van der Waals surface area contributed by atoms with E-state index in [4.69, 9.17) is 39.9 Å². The van der Waals surface area contributed by atoms with Crippen molar-refractivity contribution in [3.05, 3.63) is 27.2 Å². The van der Waals surface area contributed by atoms with E-state index in [0.717, 1.165) is 0 Å². The molecule has 0 heterocycles. The molecule has 0 radical (unpaired) electrons. The number of hydrogen-bond acceptors (Lipinski definition) is 3. The molecule has 21 heavy (non-hydrogen) atoms. The van der Waals surface area contributed by atoms with Gasteiger partial charge in [-0.1, -0.05) is 34.8 Å². The molecule has 0 amide bonds. The Hall–Kier alpha value is -0.530. The third kappa shape index (κ3) is 5.30. The van der Waals surface area contributed by atoms with Gasteiger partial charge in [0, 0.05) is 17.0 Å². The molecule has 5 nitrogen and oxygen atoms in total. The first-order chi connectivity index (χ1) is 9.44. The number of carbonyl (C=O) groups is 1. The highest BCUT2D eigenvalue weighted by Crippen LogP contribution is 2.33. The number of halogens is 3. The zero-order chi connectivity index (χ0) is 16.4. The normalized spacial score (nSPS) is 12.4. The van der Waals surface area contributed by atoms with E-state index in [1.807, 2.05) is 0 Å². The second-order valence-corrected chi connectivity index (χ2v) is 7.95. The molecular formula is C12H14Cl3NO4S. The largest absolute Gasteiger partial charge is 0.481 e. The van der Waals surface area contributed by atoms with Crippen LogP contribution >= 0.6 is 34.8 Å². The van der Waals surface area contributed by atoms with Gasteiger partial charge in [0.05, 0.1) is 10.0 Å². The van der Waals surface area contributed by atoms with E-state index >= 15 is 0 Å². The summed E-state index contributed by atoms with van der Waals surface area (Å²) in [5.74, 6) is -1.01. The predicted octanol–water partition coefficient (Wildman–Crippen LogP) is 3.57. The number of benzene rings is 1. The minimum absolute atomic E-state index is 0.103. The Morgan fingerprint density at radius 1 is 1.24 bits per heavy atom. The van der Waals surface area contributed by atoms with Gasteiger partial charge in [-0.15, -0.1) is 0 Å². The first-order valence-corrected chi connectivity index (χ1v) is 8.47. The second-order valence-electron chi connectivity index (χ2n) is 5.08. The fourth-order valence-electron chi connectivity index (χ4n) is 1.67. The summed E-state index contributed by atoms with van der Waals surface area (Å²) in [6.07, 6.45) is -0.0536. The number of carboxylic acids is 1. The lowest BCUT2D eigenvalue weighted by Gasteiger charge is -2.25. The van der Waals surface area contributed by atoms with Crippen LogP contribution in [0.3, 0.4) is 0 Å². The Bertz CT molecular complexity index is 635. The van der Waals surface area contributed by atoms with E-state index in [0.29, 0.717) is 0 Å². The van der Waals surface area contributed by atoms with Crippen molar-refractivity contribution in [2.75, 3.05) is 0 Å². The van der Waals surface area contributed by atoms with Crippen LogP contribution in [0.2, 0.25) is 15.1 Å². The van der Waals surface area contributed by atoms with Crippen LogP contribution in [0.5, 0.6) is 0 Å². The highest BCUT2D eigenvalue weighted by atomic mass is 35.5. The van der Waals surface area contributed by atoms with E-state index in [1.165, 1.54) is 12.1 Å². The fraction of sp³-hybridized carbons (Fsp3) is 0.417. The lowest BCUT2D eigenvalue weighted by molar-refractivity contribution is -0.137. The van der Waals surface area contributed by atoms with Crippen molar-refractivity contribution >= 4 is 50.8 Å². The average molecular weight is 375 g/mol. The minimum Gasteiger partial charge on any atom is -0.481 e. The molecule has 1 rings (SSSR count). The molecule has 2 N–H and O–H groups in total. The van der Waals surface area contributed by atoms with Crippen molar-refractivity contribution in [3.8, 4) is 0 Å². The standard InChI is InChI=1S/C12H14Cl3NO4S/c1-12(2,4-3-10(17)18)16-21(19,20)11-8(14)5-7(13)6-9(11)15/h5-6,16H,3-4H2,1-2H3,(H,17,18). The maximum absolute atomic E-state index is 12.4. The Labute approximate surface area is 138 Å². The molecule has 9 heteroatoms. The molecule has 0 unspecified atom stereocenters. The fourth-order valence-corrected chi connectivity index (χ4v) is 4.66. The van der Waals surface area contributed by atoms with E-state index in [2.05, 4.69) is 4.72 Å². The number of nitrogens with one attached hydrogen (secondary N) is 1. The molecule has 0 saturated heterocycles. The molecule has 0 saturated carbocycles. The van der Waals surface area contributed by atoms with E-state index in [9.17, 15) is 13.2 Å². The van der Waals surface area contributed by atoms with Gasteiger partial charge in [0.1, 0.15) is 4.90 Å². The zero-order valence-corrected chi connectivity index (χ0v) is 14.4. The molecule has 0 bridgehead atoms. The van der Waals surface area contributed by atoms with Gasteiger partial charge < -0.3 is 5.11 Å². The van der Waals surface area contributed by atoms with Gasteiger partial charge in [-0.25, -0.2) is 13.1 Å². The van der Waals surface area contributed by atoms with Crippen molar-refractivity contribution in [3.63, 3.8) is 0 Å². The van der Waals surface area contributed by atoms with Gasteiger partial charge in [0.2, 0.25) is 10.0 Å². The van der Waals surface area contributed by atoms with Crippen LogP contribution in [-0.2, 0) is 14.8 Å². The number of hydrogen-bond donors (Lipinski definition) is 2. The molecule has 0 fully saturated rings. The third-order valence-electron chi connectivity index (χ3n) is 2.61. The van der Waals surface area contributed by atoms with Gasteiger partial charge >= 0.3 is 5.97 Å². The quantitative estimate of drug-likeness (QED) is 0.797. The first kappa shape index (κ1) is 18.5. The summed E-state index contributed by atoms with van der Waals surface area (Å²) in [5, 5.41) is 8.69. The van der Waals surface area contributed by atoms with Crippen LogP contribution in [0.25, 0.3) is 0 Å². The summed E-state index contributed by atoms with van der Waals surface area (Å²) < 4.78 is 27.2. The molecule has 0 aliphatic heterocycles. The van der Waals surface area contributed by atoms with Gasteiger partial charge in [-0.2, -0.15) is 0 Å². The molecule has 1 aromatic carbocycles. The van der Waals surface area contributed by atoms with Crippen LogP contribution in [0, 0.1) is 0 Å². The van der Waals surface area contributed by atoms with Crippen molar-refractivity contribution in [1.82, 2.24) is 4.72 Å². The number of carboxylic acid groups (broad SMARTS) is 1. The second kappa shape index (κ2) is 6.71. The van der Waals surface area contributed by atoms with Gasteiger partial charge in [-0.05, 0) is 32.4 Å². The lowest BCUT2D eigenvalue weighted by atomic mass is 10.0. The molecule has 0 spiro atoms. The highest BCUT2D eigenvalue weighted by molar-refractivity contribution is 7.89. The number of sulfonamides is 1. The minimum atomic E-state index is -4.01. The number of rotatable bonds is 6. The summed E-state index contributed by atoms with van der Waals surface area (Å²) in [5.41, 5.74) is -0.969. The molecule has 1 aromatic rings. The topological polar surface area (TPSA) is 83.5 Å². The van der Waals surface area contributed by atoms with Crippen LogP contribution in [0.15, 0.2) is 17.0 Å². The van der Waals surface area contributed by atoms with Crippen molar-refractivity contribution in [2.24, 2.45) is 0 Å². The first-order valence-electron chi connectivity index (χ1n) is 5.85. The van der Waals surface area contributed by atoms with Crippen LogP contribution in [0.4, 0.5) is 0 Å². The Morgan fingerprint density at radius 3 is 2.14 bits per heavy atom. The maximum atomic E-state index is 12.4. The monoisotopic (exact) mass is 373 g/mol. The van der Waals surface area contributed by atoms with Crippen LogP contribution in [-0.4, -0.2) is 25.0 Å². The van der Waals surface area contributed by atoms with Crippen molar-refractivity contribution in [1.29, 1.82) is 0 Å². The lowest BCUT2D eigenvalue weighted by Crippen LogP contribution is -2.43. The van der Waals surface area contributed by atoms with Crippen LogP contribution in [0.1, 0.15) is 26.7 Å². The Kier molecular flexibility index (Phi) is 5.91. The highest BCUT2D eigenvalue weighted by Gasteiger charge is 2.30. The van der Waals surface area contributed by atoms with Gasteiger partial charge in [-0.3, -0.25) is 4.79 Å². The summed E-state index contributed by atoms with van der Waals surface area (Å²) in [6, 6.07) is 2.54. The van der Waals surface area contributed by atoms with Gasteiger partial charge in [0.15, 0.2) is 0 Å². The number of aliphatic carboxylic acids is 1. The predicted molar refractivity (Wildman–Crippen MR) is 82.7 cm³/mol. The smallest absolute Gasteiger partial charge is 0.303 e. The van der Waals surface area contributed by atoms with E-state index in [-0.39, 0.29) is 32.8 Å². The summed E-state index contributed by atoms with van der Waals surface area (Å²) in [6.45, 7) is 3.15. The average Bonchev–Trinajstić information content (AvgIpc) is 2.22. The summed E-state index contributed by atoms with van der Waals surface area (Å²) in [4.78, 5) is 10.3. The van der Waals surface area contributed by atoms with E-state index < -0.39 is 21.5 Å². The van der Waals surface area contributed by atoms with Crippen LogP contribution < -0.4 is 4.72 Å².